The molecule has 1 atom stereocenters. The normalized spacial score (nSPS) is 14.1. The summed E-state index contributed by atoms with van der Waals surface area (Å²) < 4.78 is 0. The van der Waals surface area contributed by atoms with Crippen molar-refractivity contribution >= 4 is 5.91 Å². The summed E-state index contributed by atoms with van der Waals surface area (Å²) in [6, 6.07) is 1.72. The Morgan fingerprint density at radius 3 is 2.67 bits per heavy atom. The number of aliphatic hydroxyl groups is 1. The van der Waals surface area contributed by atoms with E-state index in [9.17, 15) is 9.90 Å². The lowest BCUT2D eigenvalue weighted by molar-refractivity contribution is 0.0518. The molecule has 0 bridgehead atoms. The minimum absolute atomic E-state index is 0.210. The van der Waals surface area contributed by atoms with Gasteiger partial charge in [-0.05, 0) is 32.8 Å². The van der Waals surface area contributed by atoms with Gasteiger partial charge in [-0.3, -0.25) is 4.79 Å². The van der Waals surface area contributed by atoms with Crippen molar-refractivity contribution in [1.29, 1.82) is 0 Å². The molecule has 0 radical (unpaired) electrons. The van der Waals surface area contributed by atoms with Crippen molar-refractivity contribution in [2.45, 2.75) is 46.1 Å². The largest absolute Gasteiger partial charge is 0.388 e. The van der Waals surface area contributed by atoms with E-state index in [-0.39, 0.29) is 12.5 Å². The van der Waals surface area contributed by atoms with Gasteiger partial charge in [0.25, 0.3) is 5.91 Å². The van der Waals surface area contributed by atoms with Crippen LogP contribution in [0.3, 0.4) is 0 Å². The Kier molecular flexibility index (Phi) is 4.78. The molecule has 1 unspecified atom stereocenters. The number of aryl methyl sites for hydroxylation is 2. The molecule has 2 N–H and O–H groups in total. The van der Waals surface area contributed by atoms with Crippen LogP contribution in [0.1, 0.15) is 48.9 Å². The molecule has 1 rings (SSSR count). The molecule has 5 nitrogen and oxygen atoms in total. The maximum absolute atomic E-state index is 12.0. The topological polar surface area (TPSA) is 75.1 Å². The summed E-state index contributed by atoms with van der Waals surface area (Å²) in [6.07, 6.45) is 1.24. The fourth-order valence-electron chi connectivity index (χ4n) is 1.46. The molecule has 0 aliphatic rings. The molecule has 100 valence electrons. The van der Waals surface area contributed by atoms with Gasteiger partial charge in [0.1, 0.15) is 0 Å². The van der Waals surface area contributed by atoms with E-state index in [1.807, 2.05) is 13.8 Å². The van der Waals surface area contributed by atoms with Gasteiger partial charge in [0.05, 0.1) is 22.6 Å². The second kappa shape index (κ2) is 5.91. The zero-order chi connectivity index (χ0) is 13.8. The summed E-state index contributed by atoms with van der Waals surface area (Å²) in [6.45, 7) is 7.53. The Bertz CT molecular complexity index is 430. The number of hydrogen-bond acceptors (Lipinski definition) is 4. The number of carbonyl (C=O) groups is 1. The molecule has 0 aliphatic carbocycles. The highest BCUT2D eigenvalue weighted by Crippen LogP contribution is 2.10. The summed E-state index contributed by atoms with van der Waals surface area (Å²) >= 11 is 0. The van der Waals surface area contributed by atoms with Crippen molar-refractivity contribution in [2.24, 2.45) is 0 Å². The monoisotopic (exact) mass is 251 g/mol. The number of nitrogens with one attached hydrogen (secondary N) is 1. The number of amides is 1. The second-order valence-corrected chi connectivity index (χ2v) is 4.73. The van der Waals surface area contributed by atoms with E-state index in [0.29, 0.717) is 29.8 Å². The minimum Gasteiger partial charge on any atom is -0.388 e. The van der Waals surface area contributed by atoms with Crippen LogP contribution in [-0.4, -0.2) is 33.4 Å². The SMILES string of the molecule is CCc1nnc(C)cc1C(=O)NCC(C)(O)CC. The number of rotatable bonds is 5. The van der Waals surface area contributed by atoms with Gasteiger partial charge in [-0.15, -0.1) is 0 Å². The van der Waals surface area contributed by atoms with E-state index in [1.165, 1.54) is 0 Å². The van der Waals surface area contributed by atoms with Crippen LogP contribution in [0.4, 0.5) is 0 Å². The third-order valence-electron chi connectivity index (χ3n) is 2.96. The van der Waals surface area contributed by atoms with E-state index in [0.717, 1.165) is 0 Å². The van der Waals surface area contributed by atoms with E-state index >= 15 is 0 Å². The lowest BCUT2D eigenvalue weighted by Gasteiger charge is -2.21. The lowest BCUT2D eigenvalue weighted by atomic mass is 10.0. The Balaban J connectivity index is 2.81. The van der Waals surface area contributed by atoms with Gasteiger partial charge >= 0.3 is 0 Å². The third kappa shape index (κ3) is 3.77. The van der Waals surface area contributed by atoms with Crippen LogP contribution in [0.25, 0.3) is 0 Å². The molecule has 18 heavy (non-hydrogen) atoms. The molecule has 0 fully saturated rings. The number of hydrogen-bond donors (Lipinski definition) is 2. The Morgan fingerprint density at radius 2 is 2.11 bits per heavy atom. The van der Waals surface area contributed by atoms with Gasteiger partial charge in [0.15, 0.2) is 0 Å². The lowest BCUT2D eigenvalue weighted by Crippen LogP contribution is -2.40. The van der Waals surface area contributed by atoms with Gasteiger partial charge < -0.3 is 10.4 Å². The van der Waals surface area contributed by atoms with E-state index in [4.69, 9.17) is 0 Å². The number of carbonyl (C=O) groups excluding carboxylic acids is 1. The highest BCUT2D eigenvalue weighted by molar-refractivity contribution is 5.95. The molecule has 0 saturated heterocycles. The highest BCUT2D eigenvalue weighted by Gasteiger charge is 2.20. The minimum atomic E-state index is -0.877. The van der Waals surface area contributed by atoms with Crippen LogP contribution in [0.2, 0.25) is 0 Å². The summed E-state index contributed by atoms with van der Waals surface area (Å²) in [5.74, 6) is -0.210. The number of nitrogens with zero attached hydrogens (tertiary/aromatic N) is 2. The smallest absolute Gasteiger partial charge is 0.253 e. The van der Waals surface area contributed by atoms with Crippen molar-refractivity contribution in [3.63, 3.8) is 0 Å². The quantitative estimate of drug-likeness (QED) is 0.825. The van der Waals surface area contributed by atoms with Crippen molar-refractivity contribution in [3.8, 4) is 0 Å². The van der Waals surface area contributed by atoms with Crippen molar-refractivity contribution in [1.82, 2.24) is 15.5 Å². The summed E-state index contributed by atoms with van der Waals surface area (Å²) in [7, 11) is 0. The average molecular weight is 251 g/mol. The van der Waals surface area contributed by atoms with Crippen LogP contribution in [0.5, 0.6) is 0 Å². The first-order valence-corrected chi connectivity index (χ1v) is 6.23. The maximum atomic E-state index is 12.0. The molecule has 0 saturated carbocycles. The van der Waals surface area contributed by atoms with Crippen LogP contribution in [0, 0.1) is 6.92 Å². The van der Waals surface area contributed by atoms with Gasteiger partial charge in [-0.2, -0.15) is 10.2 Å². The molecular weight excluding hydrogens is 230 g/mol. The maximum Gasteiger partial charge on any atom is 0.253 e. The third-order valence-corrected chi connectivity index (χ3v) is 2.96. The van der Waals surface area contributed by atoms with E-state index < -0.39 is 5.60 Å². The highest BCUT2D eigenvalue weighted by atomic mass is 16.3. The second-order valence-electron chi connectivity index (χ2n) is 4.73. The fraction of sp³-hybridized carbons (Fsp3) is 0.615. The van der Waals surface area contributed by atoms with E-state index in [1.54, 1.807) is 19.9 Å². The zero-order valence-electron chi connectivity index (χ0n) is 11.4. The molecule has 0 aliphatic heterocycles. The standard InChI is InChI=1S/C13H21N3O2/c1-5-11-10(7-9(3)15-16-11)12(17)14-8-13(4,18)6-2/h7,18H,5-6,8H2,1-4H3,(H,14,17). The van der Waals surface area contributed by atoms with Gasteiger partial charge in [-0.25, -0.2) is 0 Å². The molecule has 1 heterocycles. The van der Waals surface area contributed by atoms with Gasteiger partial charge in [-0.1, -0.05) is 13.8 Å². The first-order valence-electron chi connectivity index (χ1n) is 6.23. The summed E-state index contributed by atoms with van der Waals surface area (Å²) in [5.41, 5.74) is 1.04. The molecule has 0 spiro atoms. The Labute approximate surface area is 108 Å². The molecule has 1 aromatic rings. The first kappa shape index (κ1) is 14.6. The predicted molar refractivity (Wildman–Crippen MR) is 69.4 cm³/mol. The van der Waals surface area contributed by atoms with Crippen molar-refractivity contribution in [2.75, 3.05) is 6.54 Å². The molecule has 1 amide bonds. The molecule has 5 heteroatoms. The van der Waals surface area contributed by atoms with Crippen molar-refractivity contribution < 1.29 is 9.90 Å². The molecule has 1 aromatic heterocycles. The van der Waals surface area contributed by atoms with Crippen LogP contribution in [-0.2, 0) is 6.42 Å². The van der Waals surface area contributed by atoms with Crippen LogP contribution >= 0.6 is 0 Å². The average Bonchev–Trinajstić information content (AvgIpc) is 2.36. The van der Waals surface area contributed by atoms with Crippen molar-refractivity contribution in [3.05, 3.63) is 23.0 Å². The predicted octanol–water partition coefficient (Wildman–Crippen LogP) is 1.24. The summed E-state index contributed by atoms with van der Waals surface area (Å²) in [5, 5.41) is 20.5. The van der Waals surface area contributed by atoms with Crippen LogP contribution < -0.4 is 5.32 Å². The zero-order valence-corrected chi connectivity index (χ0v) is 11.4. The summed E-state index contributed by atoms with van der Waals surface area (Å²) in [4.78, 5) is 12.0. The van der Waals surface area contributed by atoms with Gasteiger partial charge in [0.2, 0.25) is 0 Å². The first-order chi connectivity index (χ1) is 8.39. The Morgan fingerprint density at radius 1 is 1.44 bits per heavy atom. The molecular formula is C13H21N3O2. The Hall–Kier alpha value is -1.49. The van der Waals surface area contributed by atoms with E-state index in [2.05, 4.69) is 15.5 Å². The fourth-order valence-corrected chi connectivity index (χ4v) is 1.46. The van der Waals surface area contributed by atoms with Gasteiger partial charge in [0, 0.05) is 6.54 Å². The number of aromatic nitrogens is 2. The molecule has 0 aromatic carbocycles. The van der Waals surface area contributed by atoms with Crippen LogP contribution in [0.15, 0.2) is 6.07 Å².